The molecule has 0 saturated carbocycles. The van der Waals surface area contributed by atoms with E-state index in [0.717, 1.165) is 0 Å². The van der Waals surface area contributed by atoms with Crippen molar-refractivity contribution in [1.29, 1.82) is 0 Å². The monoisotopic (exact) mass is 344 g/mol. The number of sulfonamides is 1. The Balaban J connectivity index is 2.16. The maximum Gasteiger partial charge on any atom is 0.243 e. The van der Waals surface area contributed by atoms with Crippen molar-refractivity contribution >= 4 is 27.5 Å². The number of carbonyl (C=O) groups excluding carboxylic acids is 1. The fourth-order valence-corrected chi connectivity index (χ4v) is 4.68. The Kier molecular flexibility index (Phi) is 5.14. The molecule has 0 spiro atoms. The summed E-state index contributed by atoms with van der Waals surface area (Å²) >= 11 is 5.93. The second-order valence-corrected chi connectivity index (χ2v) is 8.02. The average molecular weight is 345 g/mol. The highest BCUT2D eigenvalue weighted by atomic mass is 35.5. The Morgan fingerprint density at radius 1 is 1.32 bits per heavy atom. The molecule has 7 heteroatoms. The van der Waals surface area contributed by atoms with E-state index in [1.54, 1.807) is 31.0 Å². The molecule has 0 aliphatic carbocycles. The normalized spacial score (nSPS) is 17.5. The molecular formula is C15H21ClN2O3S. The molecule has 1 aliphatic rings. The van der Waals surface area contributed by atoms with Gasteiger partial charge in [-0.25, -0.2) is 8.42 Å². The highest BCUT2D eigenvalue weighted by Gasteiger charge is 2.32. The van der Waals surface area contributed by atoms with Crippen LogP contribution in [-0.2, 0) is 14.8 Å². The SMILES string of the molecule is CC(=O)N(C)C1CCN(S(=O)(=O)c2cc(Cl)ccc2C)CC1. The minimum absolute atomic E-state index is 0.00647. The summed E-state index contributed by atoms with van der Waals surface area (Å²) in [5.41, 5.74) is 0.687. The molecule has 0 atom stereocenters. The quantitative estimate of drug-likeness (QED) is 0.845. The summed E-state index contributed by atoms with van der Waals surface area (Å²) in [6.45, 7) is 4.12. The number of carbonyl (C=O) groups is 1. The first-order valence-electron chi connectivity index (χ1n) is 7.23. The Morgan fingerprint density at radius 3 is 2.45 bits per heavy atom. The number of aryl methyl sites for hydroxylation is 1. The van der Waals surface area contributed by atoms with Crippen LogP contribution in [-0.4, -0.2) is 49.7 Å². The van der Waals surface area contributed by atoms with E-state index in [4.69, 9.17) is 11.6 Å². The van der Waals surface area contributed by atoms with Crippen molar-refractivity contribution in [3.05, 3.63) is 28.8 Å². The van der Waals surface area contributed by atoms with Gasteiger partial charge in [0.1, 0.15) is 0 Å². The molecule has 1 saturated heterocycles. The molecule has 0 N–H and O–H groups in total. The van der Waals surface area contributed by atoms with Crippen molar-refractivity contribution in [2.45, 2.75) is 37.6 Å². The van der Waals surface area contributed by atoms with Crippen LogP contribution in [0.3, 0.4) is 0 Å². The molecule has 1 amide bonds. The van der Waals surface area contributed by atoms with E-state index in [1.165, 1.54) is 17.3 Å². The van der Waals surface area contributed by atoms with E-state index >= 15 is 0 Å². The second-order valence-electron chi connectivity index (χ2n) is 5.68. The number of amides is 1. The smallest absolute Gasteiger partial charge is 0.243 e. The molecular weight excluding hydrogens is 324 g/mol. The largest absolute Gasteiger partial charge is 0.343 e. The molecule has 1 fully saturated rings. The predicted molar refractivity (Wildman–Crippen MR) is 86.4 cm³/mol. The van der Waals surface area contributed by atoms with Crippen LogP contribution < -0.4 is 0 Å². The van der Waals surface area contributed by atoms with E-state index in [2.05, 4.69) is 0 Å². The Bertz CT molecular complexity index is 667. The molecule has 122 valence electrons. The maximum atomic E-state index is 12.8. The van der Waals surface area contributed by atoms with Gasteiger partial charge < -0.3 is 4.90 Å². The first-order valence-corrected chi connectivity index (χ1v) is 9.05. The van der Waals surface area contributed by atoms with Gasteiger partial charge in [0.05, 0.1) is 4.90 Å². The fourth-order valence-electron chi connectivity index (χ4n) is 2.72. The molecule has 1 heterocycles. The first kappa shape index (κ1) is 17.2. The maximum absolute atomic E-state index is 12.8. The van der Waals surface area contributed by atoms with Crippen molar-refractivity contribution in [2.75, 3.05) is 20.1 Å². The summed E-state index contributed by atoms with van der Waals surface area (Å²) in [5.74, 6) is 0.00647. The van der Waals surface area contributed by atoms with Crippen LogP contribution >= 0.6 is 11.6 Å². The Hall–Kier alpha value is -1.11. The average Bonchev–Trinajstić information content (AvgIpc) is 2.48. The molecule has 0 radical (unpaired) electrons. The summed E-state index contributed by atoms with van der Waals surface area (Å²) in [5, 5.41) is 0.412. The van der Waals surface area contributed by atoms with Gasteiger partial charge in [-0.3, -0.25) is 4.79 Å². The molecule has 2 rings (SSSR count). The van der Waals surface area contributed by atoms with E-state index in [0.29, 0.717) is 36.5 Å². The van der Waals surface area contributed by atoms with Crippen LogP contribution in [0.15, 0.2) is 23.1 Å². The second kappa shape index (κ2) is 6.56. The highest BCUT2D eigenvalue weighted by molar-refractivity contribution is 7.89. The van der Waals surface area contributed by atoms with Crippen molar-refractivity contribution in [3.63, 3.8) is 0 Å². The third kappa shape index (κ3) is 3.45. The number of hydrogen-bond acceptors (Lipinski definition) is 3. The summed E-state index contributed by atoms with van der Waals surface area (Å²) in [6, 6.07) is 5.00. The third-order valence-corrected chi connectivity index (χ3v) is 6.51. The van der Waals surface area contributed by atoms with E-state index in [-0.39, 0.29) is 16.8 Å². The molecule has 1 aliphatic heterocycles. The van der Waals surface area contributed by atoms with Crippen LogP contribution in [0.25, 0.3) is 0 Å². The van der Waals surface area contributed by atoms with Gasteiger partial charge in [0.15, 0.2) is 0 Å². The molecule has 1 aromatic rings. The van der Waals surface area contributed by atoms with Crippen molar-refractivity contribution in [2.24, 2.45) is 0 Å². The van der Waals surface area contributed by atoms with E-state index in [1.807, 2.05) is 0 Å². The number of halogens is 1. The summed E-state index contributed by atoms with van der Waals surface area (Å²) in [7, 11) is -1.78. The van der Waals surface area contributed by atoms with Gasteiger partial charge in [-0.1, -0.05) is 17.7 Å². The van der Waals surface area contributed by atoms with Gasteiger partial charge in [-0.2, -0.15) is 4.31 Å². The van der Waals surface area contributed by atoms with Gasteiger partial charge in [0.2, 0.25) is 15.9 Å². The van der Waals surface area contributed by atoms with Gasteiger partial charge in [-0.15, -0.1) is 0 Å². The lowest BCUT2D eigenvalue weighted by molar-refractivity contribution is -0.130. The molecule has 0 bridgehead atoms. The Morgan fingerprint density at radius 2 is 1.91 bits per heavy atom. The topological polar surface area (TPSA) is 57.7 Å². The van der Waals surface area contributed by atoms with Gasteiger partial charge >= 0.3 is 0 Å². The van der Waals surface area contributed by atoms with Crippen molar-refractivity contribution < 1.29 is 13.2 Å². The van der Waals surface area contributed by atoms with Gasteiger partial charge in [0, 0.05) is 38.1 Å². The van der Waals surface area contributed by atoms with Crippen LogP contribution in [0.5, 0.6) is 0 Å². The minimum Gasteiger partial charge on any atom is -0.343 e. The standard InChI is InChI=1S/C15H21ClN2O3S/c1-11-4-5-13(16)10-15(11)22(20,21)18-8-6-14(7-9-18)17(3)12(2)19/h4-5,10,14H,6-9H2,1-3H3. The molecule has 5 nitrogen and oxygen atoms in total. The number of hydrogen-bond donors (Lipinski definition) is 0. The molecule has 22 heavy (non-hydrogen) atoms. The number of piperidine rings is 1. The number of rotatable bonds is 3. The van der Waals surface area contributed by atoms with Crippen LogP contribution in [0.2, 0.25) is 5.02 Å². The van der Waals surface area contributed by atoms with E-state index in [9.17, 15) is 13.2 Å². The molecule has 0 unspecified atom stereocenters. The first-order chi connectivity index (χ1) is 10.2. The lowest BCUT2D eigenvalue weighted by Gasteiger charge is -2.35. The number of benzene rings is 1. The zero-order valence-corrected chi connectivity index (χ0v) is 14.6. The van der Waals surface area contributed by atoms with Crippen LogP contribution in [0, 0.1) is 6.92 Å². The predicted octanol–water partition coefficient (Wildman–Crippen LogP) is 2.28. The van der Waals surface area contributed by atoms with Crippen molar-refractivity contribution in [1.82, 2.24) is 9.21 Å². The van der Waals surface area contributed by atoms with E-state index < -0.39 is 10.0 Å². The van der Waals surface area contributed by atoms with Gasteiger partial charge in [0.25, 0.3) is 0 Å². The zero-order valence-electron chi connectivity index (χ0n) is 13.0. The number of nitrogens with zero attached hydrogens (tertiary/aromatic N) is 2. The Labute approximate surface area is 136 Å². The lowest BCUT2D eigenvalue weighted by atomic mass is 10.1. The summed E-state index contributed by atoms with van der Waals surface area (Å²) in [6.07, 6.45) is 1.30. The fraction of sp³-hybridized carbons (Fsp3) is 0.533. The lowest BCUT2D eigenvalue weighted by Crippen LogP contribution is -2.46. The van der Waals surface area contributed by atoms with Gasteiger partial charge in [-0.05, 0) is 37.5 Å². The zero-order chi connectivity index (χ0) is 16.5. The summed E-state index contributed by atoms with van der Waals surface area (Å²) < 4.78 is 27.0. The molecule has 0 aromatic heterocycles. The third-order valence-electron chi connectivity index (χ3n) is 4.24. The van der Waals surface area contributed by atoms with Crippen LogP contribution in [0.1, 0.15) is 25.3 Å². The molecule has 1 aromatic carbocycles. The minimum atomic E-state index is -3.54. The van der Waals surface area contributed by atoms with Crippen molar-refractivity contribution in [3.8, 4) is 0 Å². The van der Waals surface area contributed by atoms with Crippen LogP contribution in [0.4, 0.5) is 0 Å². The highest BCUT2D eigenvalue weighted by Crippen LogP contribution is 2.26. The summed E-state index contributed by atoms with van der Waals surface area (Å²) in [4.78, 5) is 13.4.